The molecule has 0 radical (unpaired) electrons. The molecule has 9 nitrogen and oxygen atoms in total. The standard InChI is InChI=1S/C17H20N6O3S/c1-9-5-19-6-11(20-9)14(25)22-17-3-2-10(17)7-23(8-17)13(24)4-12-15(26)21-16(18)27-12/h5-6,10,12H,2-4,7-8H2,1H3,(H,22,25)(H2,18,21,26)/t10-,12?,17-/m0/s1. The van der Waals surface area contributed by atoms with Gasteiger partial charge >= 0.3 is 0 Å². The van der Waals surface area contributed by atoms with Crippen LogP contribution in [0.5, 0.6) is 0 Å². The molecule has 2 aliphatic heterocycles. The SMILES string of the molecule is Cc1cncc(C(=O)N[C@]23CC[C@H]2CN(C(=O)CC2SC(=N)NC2=O)C3)n1. The maximum absolute atomic E-state index is 12.6. The second kappa shape index (κ2) is 6.59. The van der Waals surface area contributed by atoms with E-state index < -0.39 is 10.8 Å². The average Bonchev–Trinajstić information content (AvgIpc) is 3.05. The molecule has 142 valence electrons. The molecule has 1 aliphatic carbocycles. The number of likely N-dealkylation sites (tertiary alicyclic amines) is 1. The number of fused-ring (bicyclic) bond motifs is 1. The van der Waals surface area contributed by atoms with Gasteiger partial charge in [-0.05, 0) is 19.8 Å². The molecule has 0 spiro atoms. The van der Waals surface area contributed by atoms with Gasteiger partial charge in [0, 0.05) is 31.6 Å². The highest BCUT2D eigenvalue weighted by Crippen LogP contribution is 2.45. The maximum Gasteiger partial charge on any atom is 0.271 e. The molecule has 10 heteroatoms. The van der Waals surface area contributed by atoms with Crippen LogP contribution in [0.4, 0.5) is 0 Å². The highest BCUT2D eigenvalue weighted by molar-refractivity contribution is 8.15. The third kappa shape index (κ3) is 3.29. The van der Waals surface area contributed by atoms with Crippen LogP contribution in [0.3, 0.4) is 0 Å². The molecular weight excluding hydrogens is 368 g/mol. The number of aromatic nitrogens is 2. The quantitative estimate of drug-likeness (QED) is 0.669. The second-order valence-electron chi connectivity index (χ2n) is 7.29. The zero-order valence-electron chi connectivity index (χ0n) is 14.8. The number of amides is 3. The Hall–Kier alpha value is -2.49. The summed E-state index contributed by atoms with van der Waals surface area (Å²) in [7, 11) is 0. The summed E-state index contributed by atoms with van der Waals surface area (Å²) in [5.41, 5.74) is 0.527. The molecule has 3 fully saturated rings. The Morgan fingerprint density at radius 2 is 2.30 bits per heavy atom. The lowest BCUT2D eigenvalue weighted by Crippen LogP contribution is -2.60. The number of amidine groups is 1. The molecule has 3 aliphatic rings. The summed E-state index contributed by atoms with van der Waals surface area (Å²) in [5, 5.41) is 12.5. The lowest BCUT2D eigenvalue weighted by atomic mass is 9.69. The van der Waals surface area contributed by atoms with Crippen LogP contribution in [-0.4, -0.2) is 61.6 Å². The maximum atomic E-state index is 12.6. The van der Waals surface area contributed by atoms with E-state index in [0.29, 0.717) is 18.8 Å². The Morgan fingerprint density at radius 1 is 1.48 bits per heavy atom. The molecule has 27 heavy (non-hydrogen) atoms. The van der Waals surface area contributed by atoms with Gasteiger partial charge in [0.05, 0.1) is 17.4 Å². The first-order valence-electron chi connectivity index (χ1n) is 8.81. The monoisotopic (exact) mass is 388 g/mol. The Bertz CT molecular complexity index is 846. The van der Waals surface area contributed by atoms with Crippen LogP contribution >= 0.6 is 11.8 Å². The van der Waals surface area contributed by atoms with Gasteiger partial charge in [-0.1, -0.05) is 11.8 Å². The molecule has 3 amide bonds. The molecule has 1 aromatic heterocycles. The number of aryl methyl sites for hydroxylation is 1. The number of carbonyl (C=O) groups is 3. The number of hydrogen-bond donors (Lipinski definition) is 3. The molecule has 1 aromatic rings. The van der Waals surface area contributed by atoms with Gasteiger partial charge in [0.1, 0.15) is 10.9 Å². The largest absolute Gasteiger partial charge is 0.343 e. The summed E-state index contributed by atoms with van der Waals surface area (Å²) in [5.74, 6) is -0.465. The van der Waals surface area contributed by atoms with Crippen molar-refractivity contribution >= 4 is 34.7 Å². The number of carbonyl (C=O) groups excluding carboxylic acids is 3. The topological polar surface area (TPSA) is 128 Å². The minimum atomic E-state index is -0.545. The number of thioether (sulfide) groups is 1. The van der Waals surface area contributed by atoms with Crippen LogP contribution in [0.1, 0.15) is 35.4 Å². The highest BCUT2D eigenvalue weighted by Gasteiger charge is 2.55. The third-order valence-corrected chi connectivity index (χ3v) is 6.49. The zero-order chi connectivity index (χ0) is 19.2. The number of hydrogen-bond acceptors (Lipinski definition) is 7. The van der Waals surface area contributed by atoms with Gasteiger partial charge in [0.25, 0.3) is 5.91 Å². The van der Waals surface area contributed by atoms with E-state index in [1.165, 1.54) is 6.20 Å². The minimum Gasteiger partial charge on any atom is -0.343 e. The van der Waals surface area contributed by atoms with Crippen molar-refractivity contribution in [1.29, 1.82) is 5.41 Å². The van der Waals surface area contributed by atoms with E-state index in [2.05, 4.69) is 20.6 Å². The molecule has 1 saturated carbocycles. The van der Waals surface area contributed by atoms with Crippen LogP contribution in [0.25, 0.3) is 0 Å². The Balaban J connectivity index is 1.40. The summed E-state index contributed by atoms with van der Waals surface area (Å²) >= 11 is 1.08. The summed E-state index contributed by atoms with van der Waals surface area (Å²) in [4.78, 5) is 46.9. The zero-order valence-corrected chi connectivity index (χ0v) is 15.6. The highest BCUT2D eigenvalue weighted by atomic mass is 32.2. The predicted octanol–water partition coefficient (Wildman–Crippen LogP) is 0.0623. The van der Waals surface area contributed by atoms with Crippen LogP contribution in [0, 0.1) is 18.3 Å². The van der Waals surface area contributed by atoms with Gasteiger partial charge in [0.15, 0.2) is 5.17 Å². The molecule has 3 N–H and O–H groups in total. The number of rotatable bonds is 4. The smallest absolute Gasteiger partial charge is 0.271 e. The fourth-order valence-electron chi connectivity index (χ4n) is 3.94. The molecule has 0 bridgehead atoms. The molecule has 1 unspecified atom stereocenters. The number of nitrogens with zero attached hydrogens (tertiary/aromatic N) is 3. The van der Waals surface area contributed by atoms with Crippen molar-refractivity contribution in [1.82, 2.24) is 25.5 Å². The summed E-state index contributed by atoms with van der Waals surface area (Å²) in [6, 6.07) is 0. The average molecular weight is 388 g/mol. The van der Waals surface area contributed by atoms with Gasteiger partial charge in [-0.15, -0.1) is 0 Å². The van der Waals surface area contributed by atoms with Crippen molar-refractivity contribution in [2.24, 2.45) is 5.92 Å². The van der Waals surface area contributed by atoms with Crippen LogP contribution in [0.15, 0.2) is 12.4 Å². The van der Waals surface area contributed by atoms with E-state index >= 15 is 0 Å². The van der Waals surface area contributed by atoms with E-state index in [1.54, 1.807) is 18.0 Å². The van der Waals surface area contributed by atoms with Crippen molar-refractivity contribution < 1.29 is 14.4 Å². The summed E-state index contributed by atoms with van der Waals surface area (Å²) < 4.78 is 0. The molecule has 0 aromatic carbocycles. The fraction of sp³-hybridized carbons (Fsp3) is 0.529. The molecule has 3 atom stereocenters. The number of nitrogens with one attached hydrogen (secondary N) is 3. The van der Waals surface area contributed by atoms with Crippen molar-refractivity contribution in [2.45, 2.75) is 37.0 Å². The Labute approximate surface area is 160 Å². The van der Waals surface area contributed by atoms with Gasteiger partial charge in [-0.2, -0.15) is 0 Å². The molecular formula is C17H20N6O3S. The molecule has 2 saturated heterocycles. The lowest BCUT2D eigenvalue weighted by Gasteiger charge is -2.44. The molecule has 4 rings (SSSR count). The minimum absolute atomic E-state index is 0.0684. The summed E-state index contributed by atoms with van der Waals surface area (Å²) in [6.45, 7) is 2.80. The molecule has 3 heterocycles. The first-order chi connectivity index (χ1) is 12.9. The Kier molecular flexibility index (Phi) is 4.37. The van der Waals surface area contributed by atoms with E-state index in [0.717, 1.165) is 24.6 Å². The Morgan fingerprint density at radius 3 is 2.93 bits per heavy atom. The lowest BCUT2D eigenvalue weighted by molar-refractivity contribution is -0.132. The van der Waals surface area contributed by atoms with Gasteiger partial charge in [0.2, 0.25) is 11.8 Å². The van der Waals surface area contributed by atoms with E-state index in [-0.39, 0.29) is 40.9 Å². The van der Waals surface area contributed by atoms with E-state index in [1.807, 2.05) is 0 Å². The predicted molar refractivity (Wildman–Crippen MR) is 98.1 cm³/mol. The fourth-order valence-corrected chi connectivity index (χ4v) is 4.77. The van der Waals surface area contributed by atoms with Crippen LogP contribution < -0.4 is 10.6 Å². The van der Waals surface area contributed by atoms with E-state index in [4.69, 9.17) is 5.41 Å². The first kappa shape index (κ1) is 17.9. The van der Waals surface area contributed by atoms with Crippen molar-refractivity contribution in [3.8, 4) is 0 Å². The van der Waals surface area contributed by atoms with Crippen molar-refractivity contribution in [3.63, 3.8) is 0 Å². The summed E-state index contributed by atoms with van der Waals surface area (Å²) in [6.07, 6.45) is 4.87. The van der Waals surface area contributed by atoms with Crippen LogP contribution in [-0.2, 0) is 9.59 Å². The van der Waals surface area contributed by atoms with E-state index in [9.17, 15) is 14.4 Å². The normalized spacial score (nSPS) is 29.1. The van der Waals surface area contributed by atoms with Crippen molar-refractivity contribution in [2.75, 3.05) is 13.1 Å². The van der Waals surface area contributed by atoms with Gasteiger partial charge in [-0.25, -0.2) is 4.98 Å². The first-order valence-corrected chi connectivity index (χ1v) is 9.69. The van der Waals surface area contributed by atoms with Crippen molar-refractivity contribution in [3.05, 3.63) is 23.8 Å². The second-order valence-corrected chi connectivity index (χ2v) is 8.51. The van der Waals surface area contributed by atoms with Gasteiger partial charge in [-0.3, -0.25) is 24.8 Å². The van der Waals surface area contributed by atoms with Crippen LogP contribution in [0.2, 0.25) is 0 Å². The van der Waals surface area contributed by atoms with Gasteiger partial charge < -0.3 is 15.5 Å². The third-order valence-electron chi connectivity index (χ3n) is 5.49.